The number of methoxy groups -OCH3 is 1. The first-order valence-corrected chi connectivity index (χ1v) is 6.47. The lowest BCUT2D eigenvalue weighted by Crippen LogP contribution is -2.03. The molecule has 104 valence electrons. The lowest BCUT2D eigenvalue weighted by molar-refractivity contribution is 0.0692. The number of anilines is 1. The molecule has 2 aromatic rings. The molecular formula is C14H12FNO3S. The van der Waals surface area contributed by atoms with E-state index in [1.54, 1.807) is 6.07 Å². The van der Waals surface area contributed by atoms with Crippen LogP contribution < -0.4 is 10.5 Å². The summed E-state index contributed by atoms with van der Waals surface area (Å²) in [5.41, 5.74) is 5.55. The van der Waals surface area contributed by atoms with E-state index >= 15 is 0 Å². The van der Waals surface area contributed by atoms with E-state index in [0.29, 0.717) is 10.6 Å². The van der Waals surface area contributed by atoms with Crippen LogP contribution in [0.15, 0.2) is 46.2 Å². The number of nitrogen functional groups attached to an aromatic ring is 1. The van der Waals surface area contributed by atoms with E-state index < -0.39 is 17.3 Å². The van der Waals surface area contributed by atoms with Crippen LogP contribution in [0.5, 0.6) is 5.75 Å². The van der Waals surface area contributed by atoms with Gasteiger partial charge in [-0.1, -0.05) is 23.9 Å². The maximum Gasteiger partial charge on any atom is 0.338 e. The Morgan fingerprint density at radius 1 is 1.30 bits per heavy atom. The topological polar surface area (TPSA) is 72.5 Å². The number of aromatic carboxylic acids is 1. The summed E-state index contributed by atoms with van der Waals surface area (Å²) < 4.78 is 18.9. The van der Waals surface area contributed by atoms with Crippen LogP contribution >= 0.6 is 11.8 Å². The highest BCUT2D eigenvalue weighted by molar-refractivity contribution is 7.99. The lowest BCUT2D eigenvalue weighted by atomic mass is 10.2. The predicted molar refractivity (Wildman–Crippen MR) is 74.9 cm³/mol. The Balaban J connectivity index is 2.39. The van der Waals surface area contributed by atoms with Crippen molar-refractivity contribution in [1.82, 2.24) is 0 Å². The standard InChI is InChI=1S/C14H12FNO3S/c1-19-11-4-2-3-5-12(11)20-13-7-9(15)8(14(17)18)6-10(13)16/h2-7H,16H2,1H3,(H,17,18). The normalized spacial score (nSPS) is 10.3. The van der Waals surface area contributed by atoms with Gasteiger partial charge in [0.05, 0.1) is 17.6 Å². The fourth-order valence-corrected chi connectivity index (χ4v) is 2.62. The molecule has 0 amide bonds. The summed E-state index contributed by atoms with van der Waals surface area (Å²) in [7, 11) is 1.54. The van der Waals surface area contributed by atoms with Crippen LogP contribution in [0.4, 0.5) is 10.1 Å². The van der Waals surface area contributed by atoms with Gasteiger partial charge in [-0.2, -0.15) is 0 Å². The van der Waals surface area contributed by atoms with Crippen molar-refractivity contribution >= 4 is 23.4 Å². The predicted octanol–water partition coefficient (Wildman–Crippen LogP) is 3.27. The first-order valence-electron chi connectivity index (χ1n) is 5.66. The third kappa shape index (κ3) is 2.85. The molecule has 0 atom stereocenters. The largest absolute Gasteiger partial charge is 0.496 e. The van der Waals surface area contributed by atoms with Gasteiger partial charge in [-0.15, -0.1) is 0 Å². The number of hydrogen-bond acceptors (Lipinski definition) is 4. The summed E-state index contributed by atoms with van der Waals surface area (Å²) in [5.74, 6) is -1.52. The van der Waals surface area contributed by atoms with Crippen LogP contribution in [0, 0.1) is 5.82 Å². The van der Waals surface area contributed by atoms with E-state index in [2.05, 4.69) is 0 Å². The maximum atomic E-state index is 13.7. The highest BCUT2D eigenvalue weighted by Gasteiger charge is 2.15. The van der Waals surface area contributed by atoms with Crippen LogP contribution in [0.1, 0.15) is 10.4 Å². The molecule has 6 heteroatoms. The van der Waals surface area contributed by atoms with Crippen molar-refractivity contribution in [2.24, 2.45) is 0 Å². The van der Waals surface area contributed by atoms with Gasteiger partial charge in [0, 0.05) is 10.6 Å². The molecule has 4 nitrogen and oxygen atoms in total. The molecule has 0 bridgehead atoms. The number of ether oxygens (including phenoxy) is 1. The third-order valence-corrected chi connectivity index (χ3v) is 3.75. The Morgan fingerprint density at radius 3 is 2.65 bits per heavy atom. The third-order valence-electron chi connectivity index (χ3n) is 2.62. The molecule has 0 heterocycles. The summed E-state index contributed by atoms with van der Waals surface area (Å²) in [4.78, 5) is 12.0. The summed E-state index contributed by atoms with van der Waals surface area (Å²) in [5, 5.41) is 8.83. The van der Waals surface area contributed by atoms with Gasteiger partial charge in [0.25, 0.3) is 0 Å². The van der Waals surface area contributed by atoms with Gasteiger partial charge in [-0.3, -0.25) is 0 Å². The van der Waals surface area contributed by atoms with Gasteiger partial charge >= 0.3 is 5.97 Å². The average Bonchev–Trinajstić information content (AvgIpc) is 2.42. The molecule has 2 rings (SSSR count). The molecule has 0 saturated carbocycles. The Morgan fingerprint density at radius 2 is 2.00 bits per heavy atom. The number of carboxylic acid groups (broad SMARTS) is 1. The van der Waals surface area contributed by atoms with Crippen LogP contribution in [-0.2, 0) is 0 Å². The van der Waals surface area contributed by atoms with Crippen molar-refractivity contribution in [3.8, 4) is 5.75 Å². The van der Waals surface area contributed by atoms with Gasteiger partial charge in [0.2, 0.25) is 0 Å². The van der Waals surface area contributed by atoms with Gasteiger partial charge in [0.1, 0.15) is 11.6 Å². The molecule has 0 saturated heterocycles. The molecule has 0 radical (unpaired) electrons. The Labute approximate surface area is 119 Å². The Hall–Kier alpha value is -2.21. The van der Waals surface area contributed by atoms with Crippen molar-refractivity contribution in [2.75, 3.05) is 12.8 Å². The molecule has 3 N–H and O–H groups in total. The molecule has 0 aliphatic carbocycles. The second-order valence-electron chi connectivity index (χ2n) is 3.93. The maximum absolute atomic E-state index is 13.7. The van der Waals surface area contributed by atoms with E-state index in [1.807, 2.05) is 18.2 Å². The minimum Gasteiger partial charge on any atom is -0.496 e. The molecule has 0 aliphatic heterocycles. The number of hydrogen-bond donors (Lipinski definition) is 2. The SMILES string of the molecule is COc1ccccc1Sc1cc(F)c(C(=O)O)cc1N. The molecule has 20 heavy (non-hydrogen) atoms. The fourth-order valence-electron chi connectivity index (χ4n) is 1.65. The summed E-state index contributed by atoms with van der Waals surface area (Å²) in [6.07, 6.45) is 0. The first kappa shape index (κ1) is 14.2. The molecule has 0 spiro atoms. The quantitative estimate of drug-likeness (QED) is 0.846. The molecule has 0 unspecified atom stereocenters. The number of carboxylic acids is 1. The van der Waals surface area contributed by atoms with Crippen LogP contribution in [0.2, 0.25) is 0 Å². The summed E-state index contributed by atoms with van der Waals surface area (Å²) in [6, 6.07) is 9.47. The van der Waals surface area contributed by atoms with E-state index in [9.17, 15) is 9.18 Å². The van der Waals surface area contributed by atoms with Crippen molar-refractivity contribution in [1.29, 1.82) is 0 Å². The number of benzene rings is 2. The zero-order chi connectivity index (χ0) is 14.7. The summed E-state index contributed by atoms with van der Waals surface area (Å²) >= 11 is 1.22. The molecule has 0 aromatic heterocycles. The van der Waals surface area contributed by atoms with Crippen LogP contribution in [-0.4, -0.2) is 18.2 Å². The van der Waals surface area contributed by atoms with Gasteiger partial charge in [-0.05, 0) is 24.3 Å². The van der Waals surface area contributed by atoms with E-state index in [0.717, 1.165) is 17.0 Å². The smallest absolute Gasteiger partial charge is 0.338 e. The first-order chi connectivity index (χ1) is 9.52. The van der Waals surface area contributed by atoms with Crippen LogP contribution in [0.25, 0.3) is 0 Å². The minimum atomic E-state index is -1.34. The highest BCUT2D eigenvalue weighted by Crippen LogP contribution is 2.38. The minimum absolute atomic E-state index is 0.208. The van der Waals surface area contributed by atoms with E-state index in [4.69, 9.17) is 15.6 Å². The molecule has 0 aliphatic rings. The van der Waals surface area contributed by atoms with E-state index in [-0.39, 0.29) is 5.69 Å². The highest BCUT2D eigenvalue weighted by atomic mass is 32.2. The second kappa shape index (κ2) is 5.83. The number of para-hydroxylation sites is 1. The monoisotopic (exact) mass is 293 g/mol. The van der Waals surface area contributed by atoms with Gasteiger partial charge in [-0.25, -0.2) is 9.18 Å². The van der Waals surface area contributed by atoms with Crippen molar-refractivity contribution in [3.63, 3.8) is 0 Å². The van der Waals surface area contributed by atoms with Crippen molar-refractivity contribution in [3.05, 3.63) is 47.8 Å². The zero-order valence-corrected chi connectivity index (χ0v) is 11.4. The van der Waals surface area contributed by atoms with E-state index in [1.165, 1.54) is 18.9 Å². The molecule has 2 aromatic carbocycles. The average molecular weight is 293 g/mol. The molecule has 0 fully saturated rings. The zero-order valence-electron chi connectivity index (χ0n) is 10.6. The van der Waals surface area contributed by atoms with Gasteiger partial charge < -0.3 is 15.6 Å². The van der Waals surface area contributed by atoms with Crippen molar-refractivity contribution < 1.29 is 19.0 Å². The summed E-state index contributed by atoms with van der Waals surface area (Å²) in [6.45, 7) is 0. The molecular weight excluding hydrogens is 281 g/mol. The number of halogens is 1. The van der Waals surface area contributed by atoms with Crippen LogP contribution in [0.3, 0.4) is 0 Å². The number of nitrogens with two attached hydrogens (primary N) is 1. The number of carbonyl (C=O) groups is 1. The second-order valence-corrected chi connectivity index (χ2v) is 5.01. The van der Waals surface area contributed by atoms with Crippen molar-refractivity contribution in [2.45, 2.75) is 9.79 Å². The number of rotatable bonds is 4. The fraction of sp³-hybridized carbons (Fsp3) is 0.0714. The Kier molecular flexibility index (Phi) is 4.14. The lowest BCUT2D eigenvalue weighted by Gasteiger charge is -2.10. The Bertz CT molecular complexity index is 661. The van der Waals surface area contributed by atoms with Gasteiger partial charge in [0.15, 0.2) is 0 Å².